The fourth-order valence-electron chi connectivity index (χ4n) is 1.92. The predicted octanol–water partition coefficient (Wildman–Crippen LogP) is 2.39. The van der Waals surface area contributed by atoms with Gasteiger partial charge >= 0.3 is 0 Å². The lowest BCUT2D eigenvalue weighted by Crippen LogP contribution is -2.12. The van der Waals surface area contributed by atoms with Gasteiger partial charge in [-0.1, -0.05) is 18.2 Å². The molecule has 0 aliphatic carbocycles. The Kier molecular flexibility index (Phi) is 3.99. The Morgan fingerprint density at radius 3 is 2.67 bits per heavy atom. The Bertz CT molecular complexity index is 502. The number of benzene rings is 1. The molecule has 0 aliphatic rings. The molecule has 2 N–H and O–H groups in total. The van der Waals surface area contributed by atoms with Gasteiger partial charge < -0.3 is 10.2 Å². The third-order valence-corrected chi connectivity index (χ3v) is 2.91. The van der Waals surface area contributed by atoms with Crippen molar-refractivity contribution >= 4 is 5.69 Å². The Labute approximate surface area is 108 Å². The number of nitrogens with one attached hydrogen (secondary N) is 2. The van der Waals surface area contributed by atoms with Gasteiger partial charge in [-0.15, -0.1) is 0 Å². The van der Waals surface area contributed by atoms with E-state index in [9.17, 15) is 0 Å². The van der Waals surface area contributed by atoms with E-state index in [0.29, 0.717) is 0 Å². The van der Waals surface area contributed by atoms with Crippen LogP contribution in [0.2, 0.25) is 0 Å². The molecule has 1 aromatic heterocycles. The van der Waals surface area contributed by atoms with Crippen LogP contribution in [0.25, 0.3) is 0 Å². The summed E-state index contributed by atoms with van der Waals surface area (Å²) < 4.78 is 0. The molecule has 0 radical (unpaired) electrons. The lowest BCUT2D eigenvalue weighted by atomic mass is 10.1. The van der Waals surface area contributed by atoms with Gasteiger partial charge in [-0.25, -0.2) is 0 Å². The molecule has 0 atom stereocenters. The molecule has 0 fully saturated rings. The van der Waals surface area contributed by atoms with Gasteiger partial charge in [0, 0.05) is 30.0 Å². The number of aromatic nitrogens is 2. The topological polar surface area (TPSA) is 44.0 Å². The van der Waals surface area contributed by atoms with Crippen LogP contribution in [0.1, 0.15) is 16.8 Å². The van der Waals surface area contributed by atoms with Crippen LogP contribution in [-0.2, 0) is 13.1 Å². The standard InChI is InChI=1S/C14H20N4/c1-11-13(9-16-17-11)8-15-14-7-5-4-6-12(14)10-18(2)3/h4-7,9,15H,8,10H2,1-3H3,(H,16,17). The summed E-state index contributed by atoms with van der Waals surface area (Å²) in [7, 11) is 4.16. The molecular weight excluding hydrogens is 224 g/mol. The van der Waals surface area contributed by atoms with Crippen molar-refractivity contribution in [1.29, 1.82) is 0 Å². The van der Waals surface area contributed by atoms with Crippen molar-refractivity contribution in [3.63, 3.8) is 0 Å². The number of nitrogens with zero attached hydrogens (tertiary/aromatic N) is 2. The van der Waals surface area contributed by atoms with Crippen molar-refractivity contribution < 1.29 is 0 Å². The molecule has 0 spiro atoms. The van der Waals surface area contributed by atoms with Crippen molar-refractivity contribution in [3.05, 3.63) is 47.3 Å². The summed E-state index contributed by atoms with van der Waals surface area (Å²) in [5.41, 5.74) is 4.82. The lowest BCUT2D eigenvalue weighted by Gasteiger charge is -2.15. The zero-order valence-electron chi connectivity index (χ0n) is 11.2. The van der Waals surface area contributed by atoms with Crippen LogP contribution in [0.4, 0.5) is 5.69 Å². The zero-order valence-corrected chi connectivity index (χ0v) is 11.2. The predicted molar refractivity (Wildman–Crippen MR) is 74.5 cm³/mol. The van der Waals surface area contributed by atoms with E-state index >= 15 is 0 Å². The molecule has 0 bridgehead atoms. The van der Waals surface area contributed by atoms with Crippen LogP contribution in [-0.4, -0.2) is 29.2 Å². The monoisotopic (exact) mass is 244 g/mol. The van der Waals surface area contributed by atoms with E-state index < -0.39 is 0 Å². The summed E-state index contributed by atoms with van der Waals surface area (Å²) >= 11 is 0. The maximum Gasteiger partial charge on any atom is 0.0539 e. The van der Waals surface area contributed by atoms with Crippen molar-refractivity contribution in [2.24, 2.45) is 0 Å². The second-order valence-corrected chi connectivity index (χ2v) is 4.77. The number of para-hydroxylation sites is 1. The van der Waals surface area contributed by atoms with Gasteiger partial charge in [0.1, 0.15) is 0 Å². The van der Waals surface area contributed by atoms with Crippen LogP contribution in [0, 0.1) is 6.92 Å². The van der Waals surface area contributed by atoms with Gasteiger partial charge in [-0.05, 0) is 32.6 Å². The van der Waals surface area contributed by atoms with E-state index in [1.54, 1.807) is 0 Å². The first-order valence-corrected chi connectivity index (χ1v) is 6.12. The van der Waals surface area contributed by atoms with Crippen molar-refractivity contribution in [1.82, 2.24) is 15.1 Å². The fraction of sp³-hybridized carbons (Fsp3) is 0.357. The normalized spacial score (nSPS) is 10.9. The van der Waals surface area contributed by atoms with E-state index in [-0.39, 0.29) is 0 Å². The molecule has 4 nitrogen and oxygen atoms in total. The minimum atomic E-state index is 0.798. The number of H-pyrrole nitrogens is 1. The third-order valence-electron chi connectivity index (χ3n) is 2.91. The highest BCUT2D eigenvalue weighted by atomic mass is 15.1. The zero-order chi connectivity index (χ0) is 13.0. The first-order valence-electron chi connectivity index (χ1n) is 6.12. The Morgan fingerprint density at radius 1 is 1.22 bits per heavy atom. The molecule has 0 saturated heterocycles. The molecule has 1 heterocycles. The SMILES string of the molecule is Cc1[nH]ncc1CNc1ccccc1CN(C)C. The van der Waals surface area contributed by atoms with E-state index in [2.05, 4.69) is 58.8 Å². The van der Waals surface area contributed by atoms with Gasteiger partial charge in [-0.3, -0.25) is 5.10 Å². The maximum absolute atomic E-state index is 4.03. The number of rotatable bonds is 5. The molecule has 96 valence electrons. The van der Waals surface area contributed by atoms with Gasteiger partial charge in [0.15, 0.2) is 0 Å². The van der Waals surface area contributed by atoms with Crippen molar-refractivity contribution in [2.45, 2.75) is 20.0 Å². The van der Waals surface area contributed by atoms with Crippen molar-refractivity contribution in [3.8, 4) is 0 Å². The summed E-state index contributed by atoms with van der Waals surface area (Å²) in [6.45, 7) is 3.77. The van der Waals surface area contributed by atoms with E-state index in [1.807, 2.05) is 13.1 Å². The van der Waals surface area contributed by atoms with Gasteiger partial charge in [0.2, 0.25) is 0 Å². The number of anilines is 1. The highest BCUT2D eigenvalue weighted by molar-refractivity contribution is 5.51. The minimum Gasteiger partial charge on any atom is -0.381 e. The summed E-state index contributed by atoms with van der Waals surface area (Å²) in [6.07, 6.45) is 1.87. The Hall–Kier alpha value is -1.81. The molecule has 0 amide bonds. The molecule has 2 rings (SSSR count). The molecule has 2 aromatic rings. The average molecular weight is 244 g/mol. The molecule has 0 saturated carbocycles. The summed E-state index contributed by atoms with van der Waals surface area (Å²) in [4.78, 5) is 2.17. The van der Waals surface area contributed by atoms with E-state index in [1.165, 1.54) is 16.8 Å². The molecule has 0 aliphatic heterocycles. The highest BCUT2D eigenvalue weighted by Crippen LogP contribution is 2.17. The number of aromatic amines is 1. The van der Waals surface area contributed by atoms with Crippen LogP contribution in [0.3, 0.4) is 0 Å². The molecule has 0 unspecified atom stereocenters. The summed E-state index contributed by atoms with van der Waals surface area (Å²) in [5, 5.41) is 10.5. The highest BCUT2D eigenvalue weighted by Gasteiger charge is 2.04. The average Bonchev–Trinajstić information content (AvgIpc) is 2.73. The quantitative estimate of drug-likeness (QED) is 0.848. The molecule has 18 heavy (non-hydrogen) atoms. The maximum atomic E-state index is 4.03. The molecule has 1 aromatic carbocycles. The lowest BCUT2D eigenvalue weighted by molar-refractivity contribution is 0.403. The summed E-state index contributed by atoms with van der Waals surface area (Å²) in [6, 6.07) is 8.41. The summed E-state index contributed by atoms with van der Waals surface area (Å²) in [5.74, 6) is 0. The van der Waals surface area contributed by atoms with E-state index in [4.69, 9.17) is 0 Å². The fourth-order valence-corrected chi connectivity index (χ4v) is 1.92. The van der Waals surface area contributed by atoms with Crippen LogP contribution in [0.15, 0.2) is 30.5 Å². The molecule has 4 heteroatoms. The second-order valence-electron chi connectivity index (χ2n) is 4.77. The van der Waals surface area contributed by atoms with Crippen LogP contribution in [0.5, 0.6) is 0 Å². The third kappa shape index (κ3) is 3.11. The first kappa shape index (κ1) is 12.6. The largest absolute Gasteiger partial charge is 0.381 e. The van der Waals surface area contributed by atoms with Crippen LogP contribution < -0.4 is 5.32 Å². The second kappa shape index (κ2) is 5.69. The minimum absolute atomic E-state index is 0.798. The Balaban J connectivity index is 2.07. The van der Waals surface area contributed by atoms with Gasteiger partial charge in [0.25, 0.3) is 0 Å². The van der Waals surface area contributed by atoms with Crippen LogP contribution >= 0.6 is 0 Å². The van der Waals surface area contributed by atoms with Crippen molar-refractivity contribution in [2.75, 3.05) is 19.4 Å². The number of hydrogen-bond acceptors (Lipinski definition) is 3. The van der Waals surface area contributed by atoms with Gasteiger partial charge in [-0.2, -0.15) is 5.10 Å². The van der Waals surface area contributed by atoms with Gasteiger partial charge in [0.05, 0.1) is 6.20 Å². The first-order chi connectivity index (χ1) is 8.66. The Morgan fingerprint density at radius 2 is 2.00 bits per heavy atom. The number of aryl methyl sites for hydroxylation is 1. The van der Waals surface area contributed by atoms with E-state index in [0.717, 1.165) is 18.8 Å². The molecular formula is C14H20N4. The number of hydrogen-bond donors (Lipinski definition) is 2. The smallest absolute Gasteiger partial charge is 0.0539 e.